The van der Waals surface area contributed by atoms with Crippen LogP contribution in [0.5, 0.6) is 0 Å². The third kappa shape index (κ3) is 4.86. The minimum atomic E-state index is -2.38. The van der Waals surface area contributed by atoms with Crippen molar-refractivity contribution in [3.05, 3.63) is 66.7 Å². The molecule has 0 aliphatic carbocycles. The lowest BCUT2D eigenvalue weighted by Gasteiger charge is -2.28. The molecular weight excluding hydrogens is 400 g/mol. The SMILES string of the molecule is CN1CCC(F)(F)CC1.O=Cc1cnc2c(ccn2-c2ccc(-c3ncc[nH]3)cc2)c1. The molecule has 1 saturated heterocycles. The number of benzene rings is 1. The van der Waals surface area contributed by atoms with Crippen molar-refractivity contribution in [3.63, 3.8) is 0 Å². The van der Waals surface area contributed by atoms with Crippen LogP contribution in [0.4, 0.5) is 8.78 Å². The number of hydrogen-bond donors (Lipinski definition) is 1. The van der Waals surface area contributed by atoms with Crippen molar-refractivity contribution < 1.29 is 13.6 Å². The van der Waals surface area contributed by atoms with E-state index in [1.165, 1.54) is 0 Å². The maximum Gasteiger partial charge on any atom is 0.250 e. The van der Waals surface area contributed by atoms with E-state index in [0.29, 0.717) is 18.7 Å². The maximum absolute atomic E-state index is 12.4. The van der Waals surface area contributed by atoms with Gasteiger partial charge in [0, 0.05) is 72.9 Å². The molecule has 1 N–H and O–H groups in total. The van der Waals surface area contributed by atoms with Crippen molar-refractivity contribution in [2.24, 2.45) is 0 Å². The van der Waals surface area contributed by atoms with Crippen LogP contribution in [0.2, 0.25) is 0 Å². The minimum absolute atomic E-state index is 0.0312. The Morgan fingerprint density at radius 3 is 2.45 bits per heavy atom. The molecule has 1 aliphatic rings. The second-order valence-electron chi connectivity index (χ2n) is 7.63. The van der Waals surface area contributed by atoms with Gasteiger partial charge in [0.2, 0.25) is 0 Å². The van der Waals surface area contributed by atoms with E-state index in [4.69, 9.17) is 0 Å². The van der Waals surface area contributed by atoms with E-state index < -0.39 is 5.92 Å². The molecule has 8 heteroatoms. The van der Waals surface area contributed by atoms with Crippen LogP contribution in [0, 0.1) is 0 Å². The summed E-state index contributed by atoms with van der Waals surface area (Å²) in [5.74, 6) is -1.54. The van der Waals surface area contributed by atoms with Crippen LogP contribution in [-0.2, 0) is 0 Å². The number of carbonyl (C=O) groups excluding carboxylic acids is 1. The van der Waals surface area contributed by atoms with Gasteiger partial charge in [-0.25, -0.2) is 18.7 Å². The largest absolute Gasteiger partial charge is 0.345 e. The molecule has 1 aromatic carbocycles. The molecule has 5 rings (SSSR count). The fourth-order valence-corrected chi connectivity index (χ4v) is 3.46. The van der Waals surface area contributed by atoms with Crippen LogP contribution in [0.15, 0.2) is 61.2 Å². The van der Waals surface area contributed by atoms with Gasteiger partial charge in [0.15, 0.2) is 6.29 Å². The topological polar surface area (TPSA) is 66.8 Å². The molecule has 0 spiro atoms. The van der Waals surface area contributed by atoms with E-state index in [1.807, 2.05) is 59.1 Å². The normalized spacial score (nSPS) is 16.0. The van der Waals surface area contributed by atoms with Crippen LogP contribution < -0.4 is 0 Å². The summed E-state index contributed by atoms with van der Waals surface area (Å²) in [5.41, 5.74) is 3.45. The second-order valence-corrected chi connectivity index (χ2v) is 7.63. The lowest BCUT2D eigenvalue weighted by molar-refractivity contribution is -0.0504. The number of alkyl halides is 2. The fourth-order valence-electron chi connectivity index (χ4n) is 3.46. The quantitative estimate of drug-likeness (QED) is 0.490. The van der Waals surface area contributed by atoms with Crippen molar-refractivity contribution in [3.8, 4) is 17.1 Å². The van der Waals surface area contributed by atoms with E-state index in [9.17, 15) is 13.6 Å². The zero-order valence-corrected chi connectivity index (χ0v) is 17.1. The van der Waals surface area contributed by atoms with E-state index in [0.717, 1.165) is 34.4 Å². The Kier molecular flexibility index (Phi) is 5.90. The molecule has 4 aromatic rings. The molecule has 1 aliphatic heterocycles. The van der Waals surface area contributed by atoms with Crippen molar-refractivity contribution in [2.75, 3.05) is 20.1 Å². The highest BCUT2D eigenvalue weighted by atomic mass is 19.3. The van der Waals surface area contributed by atoms with Gasteiger partial charge in [-0.05, 0) is 43.4 Å². The van der Waals surface area contributed by atoms with Crippen LogP contribution >= 0.6 is 0 Å². The Hall–Kier alpha value is -3.39. The Morgan fingerprint density at radius 1 is 1.10 bits per heavy atom. The van der Waals surface area contributed by atoms with E-state index in [2.05, 4.69) is 15.0 Å². The zero-order chi connectivity index (χ0) is 21.8. The number of piperidine rings is 1. The minimum Gasteiger partial charge on any atom is -0.345 e. The Balaban J connectivity index is 0.000000217. The highest BCUT2D eigenvalue weighted by molar-refractivity contribution is 5.85. The number of carbonyl (C=O) groups is 1. The van der Waals surface area contributed by atoms with Gasteiger partial charge in [-0.15, -0.1) is 0 Å². The smallest absolute Gasteiger partial charge is 0.250 e. The summed E-state index contributed by atoms with van der Waals surface area (Å²) in [6, 6.07) is 11.9. The fraction of sp³-hybridized carbons (Fsp3) is 0.261. The first-order chi connectivity index (χ1) is 14.9. The van der Waals surface area contributed by atoms with Crippen molar-refractivity contribution >= 4 is 17.3 Å². The predicted molar refractivity (Wildman–Crippen MR) is 116 cm³/mol. The Morgan fingerprint density at radius 2 is 1.84 bits per heavy atom. The number of aldehydes is 1. The first kappa shape index (κ1) is 20.9. The number of aromatic amines is 1. The standard InChI is InChI=1S/C17H12N4O.C6H11F2N/c22-11-12-9-14-5-8-21(17(14)20-10-12)15-3-1-13(2-4-15)16-18-6-7-19-16;1-9-4-2-6(7,8)3-5-9/h1-11H,(H,18,19);2-5H2,1H3. The van der Waals surface area contributed by atoms with Gasteiger partial charge in [-0.1, -0.05) is 0 Å². The molecular formula is C23H23F2N5O. The molecule has 3 aromatic heterocycles. The van der Waals surface area contributed by atoms with Gasteiger partial charge in [-0.2, -0.15) is 0 Å². The maximum atomic E-state index is 12.4. The molecule has 1 fully saturated rings. The number of aromatic nitrogens is 4. The van der Waals surface area contributed by atoms with Gasteiger partial charge >= 0.3 is 0 Å². The lowest BCUT2D eigenvalue weighted by atomic mass is 10.1. The van der Waals surface area contributed by atoms with Crippen LogP contribution in [0.1, 0.15) is 23.2 Å². The molecule has 31 heavy (non-hydrogen) atoms. The van der Waals surface area contributed by atoms with Gasteiger partial charge in [0.25, 0.3) is 5.92 Å². The average molecular weight is 423 g/mol. The van der Waals surface area contributed by atoms with E-state index in [1.54, 1.807) is 18.6 Å². The first-order valence-corrected chi connectivity index (χ1v) is 10.0. The summed E-state index contributed by atoms with van der Waals surface area (Å²) in [7, 11) is 1.87. The Bertz CT molecular complexity index is 1140. The van der Waals surface area contributed by atoms with Gasteiger partial charge in [0.05, 0.1) is 0 Å². The summed E-state index contributed by atoms with van der Waals surface area (Å²) in [4.78, 5) is 24.4. The number of rotatable bonds is 3. The van der Waals surface area contributed by atoms with Gasteiger partial charge < -0.3 is 14.5 Å². The predicted octanol–water partition coefficient (Wildman–Crippen LogP) is 4.58. The van der Waals surface area contributed by atoms with Crippen LogP contribution in [-0.4, -0.2) is 56.8 Å². The molecule has 0 amide bonds. The number of halogens is 2. The molecule has 0 saturated carbocycles. The third-order valence-corrected chi connectivity index (χ3v) is 5.32. The van der Waals surface area contributed by atoms with E-state index >= 15 is 0 Å². The monoisotopic (exact) mass is 423 g/mol. The summed E-state index contributed by atoms with van der Waals surface area (Å²) in [6.45, 7) is 1.07. The number of likely N-dealkylation sites (tertiary alicyclic amines) is 1. The highest BCUT2D eigenvalue weighted by Gasteiger charge is 2.32. The number of nitrogens with zero attached hydrogens (tertiary/aromatic N) is 4. The number of fused-ring (bicyclic) bond motifs is 1. The summed E-state index contributed by atoms with van der Waals surface area (Å²) in [6.07, 6.45) is 7.95. The molecule has 4 heterocycles. The van der Waals surface area contributed by atoms with Crippen LogP contribution in [0.25, 0.3) is 28.1 Å². The first-order valence-electron chi connectivity index (χ1n) is 10.0. The summed E-state index contributed by atoms with van der Waals surface area (Å²) >= 11 is 0. The number of nitrogens with one attached hydrogen (secondary N) is 1. The third-order valence-electron chi connectivity index (χ3n) is 5.32. The van der Waals surface area contributed by atoms with Crippen LogP contribution in [0.3, 0.4) is 0 Å². The summed E-state index contributed by atoms with van der Waals surface area (Å²) in [5, 5.41) is 0.944. The molecule has 6 nitrogen and oxygen atoms in total. The number of H-pyrrole nitrogens is 1. The van der Waals surface area contributed by atoms with E-state index in [-0.39, 0.29) is 12.8 Å². The van der Waals surface area contributed by atoms with Gasteiger partial charge in [-0.3, -0.25) is 4.79 Å². The van der Waals surface area contributed by atoms with Crippen molar-refractivity contribution in [1.29, 1.82) is 0 Å². The highest BCUT2D eigenvalue weighted by Crippen LogP contribution is 2.26. The number of pyridine rings is 1. The zero-order valence-electron chi connectivity index (χ0n) is 17.1. The number of hydrogen-bond acceptors (Lipinski definition) is 4. The molecule has 0 atom stereocenters. The van der Waals surface area contributed by atoms with Crippen molar-refractivity contribution in [2.45, 2.75) is 18.8 Å². The molecule has 0 bridgehead atoms. The average Bonchev–Trinajstić information content (AvgIpc) is 3.46. The molecule has 0 unspecified atom stereocenters. The lowest BCUT2D eigenvalue weighted by Crippen LogP contribution is -2.36. The Labute approximate surface area is 178 Å². The summed E-state index contributed by atoms with van der Waals surface area (Å²) < 4.78 is 26.7. The van der Waals surface area contributed by atoms with Crippen molar-refractivity contribution in [1.82, 2.24) is 24.4 Å². The number of imidazole rings is 1. The molecule has 160 valence electrons. The van der Waals surface area contributed by atoms with Gasteiger partial charge in [0.1, 0.15) is 11.5 Å². The second kappa shape index (κ2) is 8.77. The molecule has 0 radical (unpaired) electrons.